The molecule has 0 radical (unpaired) electrons. The zero-order chi connectivity index (χ0) is 12.3. The summed E-state index contributed by atoms with van der Waals surface area (Å²) in [7, 11) is 1.77. The first kappa shape index (κ1) is 13.4. The van der Waals surface area contributed by atoms with E-state index in [0.29, 0.717) is 0 Å². The Morgan fingerprint density at radius 1 is 1.35 bits per heavy atom. The van der Waals surface area contributed by atoms with Crippen LogP contribution >= 0.6 is 0 Å². The zero-order valence-corrected chi connectivity index (χ0v) is 11.8. The van der Waals surface area contributed by atoms with Gasteiger partial charge < -0.3 is 10.1 Å². The Balaban J connectivity index is 1.79. The van der Waals surface area contributed by atoms with E-state index in [9.17, 15) is 0 Å². The third kappa shape index (κ3) is 2.85. The van der Waals surface area contributed by atoms with Gasteiger partial charge >= 0.3 is 0 Å². The maximum Gasteiger partial charge on any atom is 0.0587 e. The molecule has 0 saturated heterocycles. The van der Waals surface area contributed by atoms with Crippen molar-refractivity contribution in [2.24, 2.45) is 23.2 Å². The van der Waals surface area contributed by atoms with Crippen LogP contribution in [0.2, 0.25) is 0 Å². The van der Waals surface area contributed by atoms with E-state index < -0.39 is 0 Å². The van der Waals surface area contributed by atoms with Crippen molar-refractivity contribution >= 4 is 0 Å². The molecule has 3 atom stereocenters. The molecule has 1 N–H and O–H groups in total. The Bertz CT molecular complexity index is 241. The van der Waals surface area contributed by atoms with Crippen molar-refractivity contribution in [3.63, 3.8) is 0 Å². The first-order chi connectivity index (χ1) is 8.20. The third-order valence-corrected chi connectivity index (χ3v) is 5.10. The highest BCUT2D eigenvalue weighted by atomic mass is 16.5. The molecule has 2 heteroatoms. The van der Waals surface area contributed by atoms with Crippen molar-refractivity contribution in [2.75, 3.05) is 26.8 Å². The molecule has 17 heavy (non-hydrogen) atoms. The van der Waals surface area contributed by atoms with Gasteiger partial charge in [0.25, 0.3) is 0 Å². The standard InChI is InChI=1S/C15H29NO/c1-12(2)14-6-4-5-7-15(14)10-13(15)11-16-8-9-17-3/h12-14,16H,4-11H2,1-3H3. The van der Waals surface area contributed by atoms with E-state index in [4.69, 9.17) is 4.74 Å². The SMILES string of the molecule is COCCNCC1CC12CCCCC2C(C)C. The van der Waals surface area contributed by atoms with E-state index >= 15 is 0 Å². The summed E-state index contributed by atoms with van der Waals surface area (Å²) in [6, 6.07) is 0. The Kier molecular flexibility index (Phi) is 4.48. The summed E-state index contributed by atoms with van der Waals surface area (Å²) in [5, 5.41) is 3.55. The molecular formula is C15H29NO. The van der Waals surface area contributed by atoms with E-state index in [-0.39, 0.29) is 0 Å². The van der Waals surface area contributed by atoms with Crippen molar-refractivity contribution in [2.45, 2.75) is 46.0 Å². The van der Waals surface area contributed by atoms with Crippen molar-refractivity contribution in [3.8, 4) is 0 Å². The maximum absolute atomic E-state index is 5.08. The number of hydrogen-bond donors (Lipinski definition) is 1. The first-order valence-electron chi connectivity index (χ1n) is 7.40. The van der Waals surface area contributed by atoms with Crippen molar-refractivity contribution in [1.82, 2.24) is 5.32 Å². The minimum absolute atomic E-state index is 0.729. The van der Waals surface area contributed by atoms with Crippen LogP contribution in [0.25, 0.3) is 0 Å². The van der Waals surface area contributed by atoms with Gasteiger partial charge in [0, 0.05) is 13.7 Å². The number of hydrogen-bond acceptors (Lipinski definition) is 2. The number of methoxy groups -OCH3 is 1. The van der Waals surface area contributed by atoms with Crippen LogP contribution in [0.1, 0.15) is 46.0 Å². The minimum Gasteiger partial charge on any atom is -0.383 e. The van der Waals surface area contributed by atoms with Crippen LogP contribution in [0.15, 0.2) is 0 Å². The van der Waals surface area contributed by atoms with Crippen molar-refractivity contribution < 1.29 is 4.74 Å². The third-order valence-electron chi connectivity index (χ3n) is 5.10. The smallest absolute Gasteiger partial charge is 0.0587 e. The second-order valence-electron chi connectivity index (χ2n) is 6.43. The Morgan fingerprint density at radius 2 is 2.18 bits per heavy atom. The van der Waals surface area contributed by atoms with Gasteiger partial charge in [0.2, 0.25) is 0 Å². The lowest BCUT2D eigenvalue weighted by molar-refractivity contribution is 0.140. The summed E-state index contributed by atoms with van der Waals surface area (Å²) in [5.74, 6) is 2.82. The maximum atomic E-state index is 5.08. The number of ether oxygens (including phenoxy) is 1. The fraction of sp³-hybridized carbons (Fsp3) is 1.00. The molecule has 2 fully saturated rings. The lowest BCUT2D eigenvalue weighted by atomic mass is 9.70. The highest BCUT2D eigenvalue weighted by molar-refractivity contribution is 5.08. The molecule has 1 spiro atoms. The lowest BCUT2D eigenvalue weighted by Gasteiger charge is -2.36. The summed E-state index contributed by atoms with van der Waals surface area (Å²) < 4.78 is 5.08. The highest BCUT2D eigenvalue weighted by Gasteiger charge is 2.58. The van der Waals surface area contributed by atoms with E-state index in [1.54, 1.807) is 7.11 Å². The fourth-order valence-corrected chi connectivity index (χ4v) is 4.17. The van der Waals surface area contributed by atoms with Crippen LogP contribution in [-0.4, -0.2) is 26.8 Å². The molecule has 2 saturated carbocycles. The zero-order valence-electron chi connectivity index (χ0n) is 11.8. The van der Waals surface area contributed by atoms with Gasteiger partial charge in [0.05, 0.1) is 6.61 Å². The van der Waals surface area contributed by atoms with Crippen molar-refractivity contribution in [3.05, 3.63) is 0 Å². The molecule has 0 aromatic heterocycles. The summed E-state index contributed by atoms with van der Waals surface area (Å²) >= 11 is 0. The van der Waals surface area contributed by atoms with Gasteiger partial charge in [-0.15, -0.1) is 0 Å². The monoisotopic (exact) mass is 239 g/mol. The van der Waals surface area contributed by atoms with Gasteiger partial charge in [-0.3, -0.25) is 0 Å². The van der Waals surface area contributed by atoms with Crippen LogP contribution < -0.4 is 5.32 Å². The molecule has 3 unspecified atom stereocenters. The van der Waals surface area contributed by atoms with E-state index in [0.717, 1.165) is 36.3 Å². The summed E-state index contributed by atoms with van der Waals surface area (Å²) in [5.41, 5.74) is 0.729. The van der Waals surface area contributed by atoms with Gasteiger partial charge in [-0.1, -0.05) is 26.7 Å². The predicted molar refractivity (Wildman–Crippen MR) is 72.1 cm³/mol. The van der Waals surface area contributed by atoms with E-state index in [2.05, 4.69) is 19.2 Å². The summed E-state index contributed by atoms with van der Waals surface area (Å²) in [6.45, 7) is 7.91. The molecule has 0 aromatic carbocycles. The minimum atomic E-state index is 0.729. The molecule has 2 aliphatic carbocycles. The fourth-order valence-electron chi connectivity index (χ4n) is 4.17. The summed E-state index contributed by atoms with van der Waals surface area (Å²) in [4.78, 5) is 0. The van der Waals surface area contributed by atoms with Gasteiger partial charge in [-0.2, -0.15) is 0 Å². The van der Waals surface area contributed by atoms with Gasteiger partial charge in [0.15, 0.2) is 0 Å². The van der Waals surface area contributed by atoms with Crippen LogP contribution in [-0.2, 0) is 4.74 Å². The van der Waals surface area contributed by atoms with Gasteiger partial charge in [-0.25, -0.2) is 0 Å². The topological polar surface area (TPSA) is 21.3 Å². The molecular weight excluding hydrogens is 210 g/mol. The molecule has 0 heterocycles. The number of rotatable bonds is 6. The lowest BCUT2D eigenvalue weighted by Crippen LogP contribution is -2.30. The van der Waals surface area contributed by atoms with E-state index in [1.165, 1.54) is 38.6 Å². The molecule has 100 valence electrons. The largest absolute Gasteiger partial charge is 0.383 e. The van der Waals surface area contributed by atoms with Gasteiger partial charge in [-0.05, 0) is 49.0 Å². The average Bonchev–Trinajstić information content (AvgIpc) is 2.98. The predicted octanol–water partition coefficient (Wildman–Crippen LogP) is 3.07. The second kappa shape index (κ2) is 5.71. The molecule has 0 aliphatic heterocycles. The van der Waals surface area contributed by atoms with E-state index in [1.807, 2.05) is 0 Å². The van der Waals surface area contributed by atoms with Gasteiger partial charge in [0.1, 0.15) is 0 Å². The molecule has 2 rings (SSSR count). The molecule has 0 aromatic rings. The normalized spacial score (nSPS) is 36.7. The Morgan fingerprint density at radius 3 is 2.88 bits per heavy atom. The quantitative estimate of drug-likeness (QED) is 0.719. The second-order valence-corrected chi connectivity index (χ2v) is 6.43. The molecule has 2 aliphatic rings. The Hall–Kier alpha value is -0.0800. The van der Waals surface area contributed by atoms with Crippen LogP contribution in [0, 0.1) is 23.2 Å². The molecule has 0 amide bonds. The van der Waals surface area contributed by atoms with Crippen LogP contribution in [0.4, 0.5) is 0 Å². The number of nitrogens with one attached hydrogen (secondary N) is 1. The Labute approximate surface area is 107 Å². The average molecular weight is 239 g/mol. The molecule has 2 nitrogen and oxygen atoms in total. The first-order valence-corrected chi connectivity index (χ1v) is 7.40. The highest BCUT2D eigenvalue weighted by Crippen LogP contribution is 2.65. The van der Waals surface area contributed by atoms with Crippen molar-refractivity contribution in [1.29, 1.82) is 0 Å². The molecule has 0 bridgehead atoms. The summed E-state index contributed by atoms with van der Waals surface area (Å²) in [6.07, 6.45) is 7.39. The van der Waals surface area contributed by atoms with Crippen LogP contribution in [0.5, 0.6) is 0 Å². The van der Waals surface area contributed by atoms with Crippen LogP contribution in [0.3, 0.4) is 0 Å².